The molecule has 0 aromatic heterocycles. The molecule has 0 saturated heterocycles. The van der Waals surface area contributed by atoms with E-state index in [0.29, 0.717) is 0 Å². The third-order valence-corrected chi connectivity index (χ3v) is 0.763. The summed E-state index contributed by atoms with van der Waals surface area (Å²) < 4.78 is 0. The zero-order valence-corrected chi connectivity index (χ0v) is 9.70. The molecule has 0 spiro atoms. The molecule has 0 aliphatic carbocycles. The van der Waals surface area contributed by atoms with Gasteiger partial charge in [0.05, 0.1) is 5.91 Å². The summed E-state index contributed by atoms with van der Waals surface area (Å²) in [4.78, 5) is 12.2. The van der Waals surface area contributed by atoms with Crippen LogP contribution in [0.15, 0.2) is 5.57 Å². The van der Waals surface area contributed by atoms with Crippen LogP contribution in [0, 0.1) is 6.08 Å². The van der Waals surface area contributed by atoms with Crippen LogP contribution in [0.1, 0.15) is 13.8 Å². The van der Waals surface area contributed by atoms with Gasteiger partial charge >= 0.3 is 21.1 Å². The number of carbonyl (C=O) groups is 1. The van der Waals surface area contributed by atoms with E-state index in [4.69, 9.17) is 0 Å². The molecule has 0 bridgehead atoms. The quantitative estimate of drug-likeness (QED) is 0.519. The second-order valence-corrected chi connectivity index (χ2v) is 2.32. The molecule has 0 aliphatic heterocycles. The molecule has 0 heterocycles. The second kappa shape index (κ2) is 5.67. The molecule has 56 valence electrons. The fourth-order valence-electron chi connectivity index (χ4n) is 0.326. The monoisotopic (exact) mass is 310 g/mol. The Balaban J connectivity index is 0. The first-order valence-electron chi connectivity index (χ1n) is 2.82. The maximum atomic E-state index is 10.7. The fraction of sp³-hybridized carbons (Fsp3) is 0.571. The molecular weight excluding hydrogens is 298 g/mol. The molecule has 2 nitrogen and oxygen atoms in total. The van der Waals surface area contributed by atoms with Crippen molar-refractivity contribution in [3.8, 4) is 0 Å². The van der Waals surface area contributed by atoms with Gasteiger partial charge in [0.1, 0.15) is 0 Å². The van der Waals surface area contributed by atoms with E-state index in [1.165, 1.54) is 4.90 Å². The minimum absolute atomic E-state index is 0. The Morgan fingerprint density at radius 3 is 1.80 bits per heavy atom. The first kappa shape index (κ1) is 12.6. The minimum atomic E-state index is -0.0741. The van der Waals surface area contributed by atoms with Gasteiger partial charge in [-0.2, -0.15) is 0 Å². The summed E-state index contributed by atoms with van der Waals surface area (Å²) in [6.45, 7) is 3.70. The molecule has 1 amide bonds. The topological polar surface area (TPSA) is 20.3 Å². The molecule has 0 rings (SSSR count). The van der Waals surface area contributed by atoms with Crippen molar-refractivity contribution in [2.75, 3.05) is 14.1 Å². The Morgan fingerprint density at radius 2 is 1.70 bits per heavy atom. The largest absolute Gasteiger partial charge is 2.00 e. The third kappa shape index (κ3) is 6.02. The van der Waals surface area contributed by atoms with Crippen molar-refractivity contribution in [1.29, 1.82) is 0 Å². The molecule has 0 saturated carbocycles. The third-order valence-electron chi connectivity index (χ3n) is 0.763. The molecular formula is C7H12NOW+. The van der Waals surface area contributed by atoms with Crippen LogP contribution in [0.25, 0.3) is 0 Å². The van der Waals surface area contributed by atoms with Crippen LogP contribution in [0.3, 0.4) is 0 Å². The second-order valence-electron chi connectivity index (χ2n) is 2.32. The van der Waals surface area contributed by atoms with E-state index >= 15 is 0 Å². The van der Waals surface area contributed by atoms with Crippen molar-refractivity contribution >= 4 is 5.91 Å². The predicted molar refractivity (Wildman–Crippen MR) is 36.8 cm³/mol. The van der Waals surface area contributed by atoms with Crippen molar-refractivity contribution in [1.82, 2.24) is 4.90 Å². The van der Waals surface area contributed by atoms with E-state index < -0.39 is 0 Å². The van der Waals surface area contributed by atoms with Crippen molar-refractivity contribution in [2.24, 2.45) is 0 Å². The van der Waals surface area contributed by atoms with Crippen molar-refractivity contribution in [3.05, 3.63) is 11.6 Å². The van der Waals surface area contributed by atoms with Crippen molar-refractivity contribution in [2.45, 2.75) is 13.8 Å². The van der Waals surface area contributed by atoms with Crippen LogP contribution in [0.5, 0.6) is 0 Å². The number of carbonyl (C=O) groups excluding carboxylic acids is 1. The van der Waals surface area contributed by atoms with Gasteiger partial charge in [-0.05, 0) is 0 Å². The van der Waals surface area contributed by atoms with Crippen molar-refractivity contribution < 1.29 is 25.9 Å². The molecule has 0 N–H and O–H groups in total. The molecule has 0 aliphatic rings. The first-order valence-corrected chi connectivity index (χ1v) is 2.82. The van der Waals surface area contributed by atoms with Gasteiger partial charge in [0.25, 0.3) is 0 Å². The van der Waals surface area contributed by atoms with Gasteiger partial charge in [-0.25, -0.2) is 0 Å². The van der Waals surface area contributed by atoms with Crippen molar-refractivity contribution in [3.63, 3.8) is 0 Å². The summed E-state index contributed by atoms with van der Waals surface area (Å²) >= 11 is 0. The van der Waals surface area contributed by atoms with Crippen LogP contribution < -0.4 is 0 Å². The Kier molecular flexibility index (Phi) is 7.12. The Labute approximate surface area is 76.5 Å². The minimum Gasteiger partial charge on any atom is -0.406 e. The Bertz CT molecular complexity index is 137. The molecule has 0 fully saturated rings. The van der Waals surface area contributed by atoms with Gasteiger partial charge in [-0.15, -0.1) is 0 Å². The van der Waals surface area contributed by atoms with Gasteiger partial charge in [0.2, 0.25) is 0 Å². The van der Waals surface area contributed by atoms with E-state index in [2.05, 4.69) is 6.08 Å². The number of rotatable bonds is 1. The predicted octanol–water partition coefficient (Wildman–Crippen LogP) is 0.841. The number of likely N-dealkylation sites (N-methyl/N-ethyl adjacent to an activating group) is 1. The summed E-state index contributed by atoms with van der Waals surface area (Å²) in [5.74, 6) is -0.0741. The first-order chi connectivity index (χ1) is 4.04. The van der Waals surface area contributed by atoms with E-state index in [1.54, 1.807) is 14.1 Å². The summed E-state index contributed by atoms with van der Waals surface area (Å²) in [7, 11) is 3.41. The summed E-state index contributed by atoms with van der Waals surface area (Å²) in [6.07, 6.45) is 2.65. The molecule has 0 aromatic rings. The average molecular weight is 310 g/mol. The Morgan fingerprint density at radius 1 is 1.30 bits per heavy atom. The van der Waals surface area contributed by atoms with Crippen LogP contribution in [-0.4, -0.2) is 24.9 Å². The maximum absolute atomic E-state index is 10.7. The summed E-state index contributed by atoms with van der Waals surface area (Å²) in [6, 6.07) is 0. The van der Waals surface area contributed by atoms with Crippen LogP contribution in [-0.2, 0) is 25.9 Å². The normalized spacial score (nSPS) is 7.60. The van der Waals surface area contributed by atoms with E-state index in [1.807, 2.05) is 13.8 Å². The van der Waals surface area contributed by atoms with Gasteiger partial charge in [-0.3, -0.25) is 5.57 Å². The number of allylic oxidation sites excluding steroid dienone is 1. The average Bonchev–Trinajstić information content (AvgIpc) is 1.63. The van der Waals surface area contributed by atoms with E-state index in [0.717, 1.165) is 5.57 Å². The SMILES string of the molecule is CC(C)=[C-]C(=O)N(C)C.[W+2]. The van der Waals surface area contributed by atoms with Gasteiger partial charge < -0.3 is 15.8 Å². The zero-order valence-electron chi connectivity index (χ0n) is 6.76. The standard InChI is InChI=1S/C7H12NO.W/c1-6(2)5-7(9)8(3)4;/h1-4H3;/q-1;+2. The van der Waals surface area contributed by atoms with E-state index in [-0.39, 0.29) is 27.0 Å². The number of hydrogen-bond acceptors (Lipinski definition) is 1. The molecule has 0 aromatic carbocycles. The molecule has 0 atom stereocenters. The van der Waals surface area contributed by atoms with Crippen LogP contribution in [0.2, 0.25) is 0 Å². The fourth-order valence-corrected chi connectivity index (χ4v) is 0.326. The molecule has 3 heteroatoms. The molecule has 0 unspecified atom stereocenters. The van der Waals surface area contributed by atoms with Gasteiger partial charge in [0.15, 0.2) is 0 Å². The molecule has 0 radical (unpaired) electrons. The summed E-state index contributed by atoms with van der Waals surface area (Å²) in [5.41, 5.74) is 0.911. The number of amides is 1. The Hall–Kier alpha value is -0.102. The number of nitrogens with zero attached hydrogens (tertiary/aromatic N) is 1. The maximum Gasteiger partial charge on any atom is 2.00 e. The van der Waals surface area contributed by atoms with Gasteiger partial charge in [0, 0.05) is 14.1 Å². The van der Waals surface area contributed by atoms with Gasteiger partial charge in [-0.1, -0.05) is 13.8 Å². The van der Waals surface area contributed by atoms with E-state index in [9.17, 15) is 4.79 Å². The summed E-state index contributed by atoms with van der Waals surface area (Å²) in [5, 5.41) is 0. The van der Waals surface area contributed by atoms with Crippen LogP contribution in [0.4, 0.5) is 0 Å². The number of hydrogen-bond donors (Lipinski definition) is 0. The zero-order chi connectivity index (χ0) is 7.44. The molecule has 10 heavy (non-hydrogen) atoms. The van der Waals surface area contributed by atoms with Crippen LogP contribution >= 0.6 is 0 Å². The smallest absolute Gasteiger partial charge is 0.406 e.